The molecule has 5 rings (SSSR count). The summed E-state index contributed by atoms with van der Waals surface area (Å²) >= 11 is 0. The van der Waals surface area contributed by atoms with Gasteiger partial charge >= 0.3 is 5.97 Å². The van der Waals surface area contributed by atoms with Crippen molar-refractivity contribution in [2.24, 2.45) is 0 Å². The monoisotopic (exact) mass is 565 g/mol. The van der Waals surface area contributed by atoms with Crippen molar-refractivity contribution >= 4 is 17.6 Å². The zero-order valence-corrected chi connectivity index (χ0v) is 23.4. The molecule has 214 valence electrons. The molecule has 0 amide bonds. The van der Waals surface area contributed by atoms with E-state index < -0.39 is 12.6 Å². The van der Waals surface area contributed by atoms with Crippen molar-refractivity contribution < 1.29 is 33.3 Å². The number of rotatable bonds is 11. The predicted molar refractivity (Wildman–Crippen MR) is 160 cm³/mol. The fourth-order valence-corrected chi connectivity index (χ4v) is 4.38. The third-order valence-electron chi connectivity index (χ3n) is 6.32. The van der Waals surface area contributed by atoms with E-state index in [0.717, 1.165) is 22.3 Å². The van der Waals surface area contributed by atoms with Crippen LogP contribution in [0.15, 0.2) is 95.5 Å². The Balaban J connectivity index is 1.45. The van der Waals surface area contributed by atoms with Gasteiger partial charge in [0.2, 0.25) is 5.89 Å². The maximum absolute atomic E-state index is 10.8. The normalized spacial score (nSPS) is 13.0. The molecule has 0 aliphatic carbocycles. The molecule has 1 aliphatic rings. The smallest absolute Gasteiger partial charge is 0.341 e. The largest absolute Gasteiger partial charge is 0.486 e. The maximum Gasteiger partial charge on any atom is 0.341 e. The van der Waals surface area contributed by atoms with Gasteiger partial charge in [-0.2, -0.15) is 0 Å². The summed E-state index contributed by atoms with van der Waals surface area (Å²) in [5.41, 5.74) is 4.15. The molecular formula is C34H31NO7. The molecule has 0 spiro atoms. The molecule has 0 bridgehead atoms. The molecule has 8 heteroatoms. The van der Waals surface area contributed by atoms with Gasteiger partial charge in [-0.25, -0.2) is 9.78 Å². The van der Waals surface area contributed by atoms with Crippen LogP contribution >= 0.6 is 0 Å². The van der Waals surface area contributed by atoms with Gasteiger partial charge in [-0.15, -0.1) is 0 Å². The van der Waals surface area contributed by atoms with E-state index in [0.29, 0.717) is 53.6 Å². The first kappa shape index (κ1) is 28.3. The van der Waals surface area contributed by atoms with Crippen LogP contribution in [0.2, 0.25) is 0 Å². The zero-order chi connectivity index (χ0) is 29.3. The molecule has 3 aromatic carbocycles. The van der Waals surface area contributed by atoms with E-state index >= 15 is 0 Å². The minimum atomic E-state index is -1.04. The number of carbonyl (C=O) groups is 1. The molecule has 0 saturated carbocycles. The second-order valence-corrected chi connectivity index (χ2v) is 9.43. The zero-order valence-electron chi connectivity index (χ0n) is 23.4. The minimum absolute atomic E-state index is 0.0787. The minimum Gasteiger partial charge on any atom is -0.486 e. The van der Waals surface area contributed by atoms with Crippen LogP contribution < -0.4 is 18.9 Å². The Bertz CT molecular complexity index is 1630. The molecule has 4 aromatic rings. The highest BCUT2D eigenvalue weighted by Gasteiger charge is 2.21. The summed E-state index contributed by atoms with van der Waals surface area (Å²) in [6.07, 6.45) is 9.92. The topological polar surface area (TPSA) is 100 Å². The highest BCUT2D eigenvalue weighted by molar-refractivity contribution is 5.82. The van der Waals surface area contributed by atoms with E-state index in [4.69, 9.17) is 33.5 Å². The average molecular weight is 566 g/mol. The third kappa shape index (κ3) is 7.09. The van der Waals surface area contributed by atoms with Gasteiger partial charge < -0.3 is 28.5 Å². The van der Waals surface area contributed by atoms with Crippen LogP contribution in [0, 0.1) is 6.92 Å². The summed E-state index contributed by atoms with van der Waals surface area (Å²) < 4.78 is 29.2. The molecule has 2 heterocycles. The van der Waals surface area contributed by atoms with E-state index in [2.05, 4.69) is 0 Å². The Morgan fingerprint density at radius 3 is 2.57 bits per heavy atom. The molecule has 8 nitrogen and oxygen atoms in total. The standard InChI is InChI=1S/C34H31NO7/c1-3-8-25(12-7-11-24-9-5-4-6-10-24)34-33(26-13-15-29-30(20-26)39-18-17-38-29)35-31(42-34)21-40-27-14-16-28(23(2)19-27)41-22-32(36)37/h3-16,19-20H,17-18,21-22H2,1-2H3,(H,36,37)/b8-3-,11-7+,25-12+. The second kappa shape index (κ2) is 13.4. The van der Waals surface area contributed by atoms with Crippen molar-refractivity contribution in [2.45, 2.75) is 20.5 Å². The number of benzene rings is 3. The molecule has 42 heavy (non-hydrogen) atoms. The van der Waals surface area contributed by atoms with Crippen LogP contribution in [0.4, 0.5) is 0 Å². The lowest BCUT2D eigenvalue weighted by Crippen LogP contribution is -2.15. The number of oxazole rings is 1. The number of allylic oxidation sites excluding steroid dienone is 5. The van der Waals surface area contributed by atoms with E-state index in [1.807, 2.05) is 92.8 Å². The number of hydrogen-bond acceptors (Lipinski definition) is 7. The fourth-order valence-electron chi connectivity index (χ4n) is 4.38. The number of aromatic nitrogens is 1. The predicted octanol–water partition coefficient (Wildman–Crippen LogP) is 7.14. The highest BCUT2D eigenvalue weighted by atomic mass is 16.6. The second-order valence-electron chi connectivity index (χ2n) is 9.43. The van der Waals surface area contributed by atoms with Crippen molar-refractivity contribution in [1.82, 2.24) is 4.98 Å². The van der Waals surface area contributed by atoms with Gasteiger partial charge in [0.1, 0.15) is 30.4 Å². The van der Waals surface area contributed by atoms with Crippen molar-refractivity contribution in [3.8, 4) is 34.3 Å². The van der Waals surface area contributed by atoms with Gasteiger partial charge in [-0.05, 0) is 61.4 Å². The molecule has 0 fully saturated rings. The van der Waals surface area contributed by atoms with Gasteiger partial charge in [-0.3, -0.25) is 0 Å². The molecule has 1 aliphatic heterocycles. The Morgan fingerprint density at radius 1 is 1.00 bits per heavy atom. The number of hydrogen-bond donors (Lipinski definition) is 1. The summed E-state index contributed by atoms with van der Waals surface area (Å²) in [5, 5.41) is 8.88. The van der Waals surface area contributed by atoms with E-state index in [1.165, 1.54) is 0 Å². The summed E-state index contributed by atoms with van der Waals surface area (Å²) in [7, 11) is 0. The Morgan fingerprint density at radius 2 is 1.81 bits per heavy atom. The fraction of sp³-hybridized carbons (Fsp3) is 0.176. The van der Waals surface area contributed by atoms with Crippen LogP contribution in [0.25, 0.3) is 22.9 Å². The molecule has 1 N–H and O–H groups in total. The lowest BCUT2D eigenvalue weighted by molar-refractivity contribution is -0.139. The Kier molecular flexibility index (Phi) is 9.03. The SMILES string of the molecule is C\C=C/C(=C\C=C\c1ccccc1)c1oc(COc2ccc(OCC(=O)O)c(C)c2)nc1-c1ccc2c(c1)OCCO2. The van der Waals surface area contributed by atoms with E-state index in [-0.39, 0.29) is 6.61 Å². The van der Waals surface area contributed by atoms with Gasteiger partial charge in [-0.1, -0.05) is 60.7 Å². The van der Waals surface area contributed by atoms with E-state index in [1.54, 1.807) is 18.2 Å². The van der Waals surface area contributed by atoms with Gasteiger partial charge in [0.05, 0.1) is 0 Å². The molecule has 0 saturated heterocycles. The molecule has 0 unspecified atom stereocenters. The van der Waals surface area contributed by atoms with Gasteiger partial charge in [0.15, 0.2) is 30.5 Å². The number of aliphatic carboxylic acids is 1. The average Bonchev–Trinajstić information content (AvgIpc) is 3.43. The lowest BCUT2D eigenvalue weighted by Gasteiger charge is -2.18. The number of fused-ring (bicyclic) bond motifs is 1. The first-order chi connectivity index (χ1) is 20.5. The number of carboxylic acids is 1. The van der Waals surface area contributed by atoms with Crippen LogP contribution in [-0.2, 0) is 11.4 Å². The Labute approximate surface area is 244 Å². The van der Waals surface area contributed by atoms with Crippen molar-refractivity contribution in [3.63, 3.8) is 0 Å². The molecule has 0 radical (unpaired) electrons. The number of aryl methyl sites for hydroxylation is 1. The Hall–Kier alpha value is -5.24. The first-order valence-electron chi connectivity index (χ1n) is 13.5. The molecule has 1 aromatic heterocycles. The summed E-state index contributed by atoms with van der Waals surface area (Å²) in [4.78, 5) is 15.7. The van der Waals surface area contributed by atoms with Crippen LogP contribution in [0.3, 0.4) is 0 Å². The molecule has 0 atom stereocenters. The van der Waals surface area contributed by atoms with Crippen LogP contribution in [0.5, 0.6) is 23.0 Å². The van der Waals surface area contributed by atoms with Crippen molar-refractivity contribution in [1.29, 1.82) is 0 Å². The molecular weight excluding hydrogens is 534 g/mol. The lowest BCUT2D eigenvalue weighted by atomic mass is 10.0. The summed E-state index contributed by atoms with van der Waals surface area (Å²) in [5.74, 6) is 2.35. The van der Waals surface area contributed by atoms with Crippen molar-refractivity contribution in [3.05, 3.63) is 114 Å². The maximum atomic E-state index is 10.8. The number of nitrogens with zero attached hydrogens (tertiary/aromatic N) is 1. The third-order valence-corrected chi connectivity index (χ3v) is 6.32. The summed E-state index contributed by atoms with van der Waals surface area (Å²) in [6.45, 7) is 4.43. The van der Waals surface area contributed by atoms with Crippen molar-refractivity contribution in [2.75, 3.05) is 19.8 Å². The number of ether oxygens (including phenoxy) is 4. The van der Waals surface area contributed by atoms with Gasteiger partial charge in [0.25, 0.3) is 0 Å². The number of carboxylic acid groups (broad SMARTS) is 1. The van der Waals surface area contributed by atoms with E-state index in [9.17, 15) is 4.79 Å². The van der Waals surface area contributed by atoms with Crippen LogP contribution in [-0.4, -0.2) is 35.9 Å². The summed E-state index contributed by atoms with van der Waals surface area (Å²) in [6, 6.07) is 21.0. The first-order valence-corrected chi connectivity index (χ1v) is 13.5. The quantitative estimate of drug-likeness (QED) is 0.192. The van der Waals surface area contributed by atoms with Crippen LogP contribution in [0.1, 0.15) is 29.7 Å². The highest BCUT2D eigenvalue weighted by Crippen LogP contribution is 2.38. The van der Waals surface area contributed by atoms with Gasteiger partial charge in [0, 0.05) is 11.1 Å².